The molecule has 1 aromatic rings. The van der Waals surface area contributed by atoms with Gasteiger partial charge in [0.25, 0.3) is 5.24 Å². The van der Waals surface area contributed by atoms with Crippen molar-refractivity contribution < 1.29 is 9.53 Å². The first-order valence-corrected chi connectivity index (χ1v) is 4.49. The Morgan fingerprint density at radius 2 is 2.43 bits per heavy atom. The molecule has 4 nitrogen and oxygen atoms in total. The van der Waals surface area contributed by atoms with E-state index in [9.17, 15) is 4.79 Å². The van der Waals surface area contributed by atoms with Crippen molar-refractivity contribution in [1.82, 2.24) is 4.98 Å². The lowest BCUT2D eigenvalue weighted by molar-refractivity contribution is 0.107. The zero-order chi connectivity index (χ0) is 10.6. The predicted molar refractivity (Wildman–Crippen MR) is 54.9 cm³/mol. The molecule has 1 N–H and O–H groups in total. The minimum atomic E-state index is -0.639. The summed E-state index contributed by atoms with van der Waals surface area (Å²) in [6.45, 7) is 0.249. The lowest BCUT2D eigenvalue weighted by Gasteiger charge is -2.07. The van der Waals surface area contributed by atoms with Gasteiger partial charge in [0.1, 0.15) is 12.4 Å². The van der Waals surface area contributed by atoms with Crippen molar-refractivity contribution in [2.75, 3.05) is 19.2 Å². The van der Waals surface area contributed by atoms with Gasteiger partial charge < -0.3 is 10.1 Å². The number of aromatic nitrogens is 1. The number of rotatable bonds is 4. The highest BCUT2D eigenvalue weighted by Gasteiger charge is 2.10. The maximum absolute atomic E-state index is 10.9. The van der Waals surface area contributed by atoms with Crippen LogP contribution in [-0.2, 0) is 4.74 Å². The van der Waals surface area contributed by atoms with Gasteiger partial charge in [-0.15, -0.1) is 0 Å². The van der Waals surface area contributed by atoms with Crippen LogP contribution in [0.15, 0.2) is 12.3 Å². The number of hydrogen-bond donors (Lipinski definition) is 1. The van der Waals surface area contributed by atoms with Crippen molar-refractivity contribution in [2.45, 2.75) is 0 Å². The molecule has 6 heteroatoms. The van der Waals surface area contributed by atoms with E-state index in [1.165, 1.54) is 13.3 Å². The van der Waals surface area contributed by atoms with E-state index in [-0.39, 0.29) is 12.4 Å². The molecule has 0 bridgehead atoms. The van der Waals surface area contributed by atoms with E-state index < -0.39 is 5.24 Å². The molecule has 0 aliphatic carbocycles. The van der Waals surface area contributed by atoms with Gasteiger partial charge in [-0.1, -0.05) is 11.6 Å². The SMILES string of the molecule is COCNc1cc(Cl)cnc1C(=O)Cl. The summed E-state index contributed by atoms with van der Waals surface area (Å²) in [7, 11) is 1.52. The molecule has 1 aromatic heterocycles. The topological polar surface area (TPSA) is 51.2 Å². The quantitative estimate of drug-likeness (QED) is 0.641. The molecule has 0 saturated heterocycles. The van der Waals surface area contributed by atoms with Gasteiger partial charge >= 0.3 is 0 Å². The molecule has 0 unspecified atom stereocenters. The first-order chi connectivity index (χ1) is 6.65. The number of anilines is 1. The molecule has 0 aliphatic heterocycles. The monoisotopic (exact) mass is 234 g/mol. The van der Waals surface area contributed by atoms with Gasteiger partial charge in [0.2, 0.25) is 0 Å². The summed E-state index contributed by atoms with van der Waals surface area (Å²) in [5.74, 6) is 0. The molecule has 0 atom stereocenters. The standard InChI is InChI=1S/C8H8Cl2N2O2/c1-14-4-12-6-2-5(9)3-11-7(6)8(10)13/h2-3,12H,4H2,1H3. The normalized spacial score (nSPS) is 9.93. The van der Waals surface area contributed by atoms with E-state index >= 15 is 0 Å². The van der Waals surface area contributed by atoms with Crippen molar-refractivity contribution in [3.63, 3.8) is 0 Å². The summed E-state index contributed by atoms with van der Waals surface area (Å²) < 4.78 is 4.78. The number of nitrogens with zero attached hydrogens (tertiary/aromatic N) is 1. The summed E-state index contributed by atoms with van der Waals surface area (Å²) in [6.07, 6.45) is 1.36. The van der Waals surface area contributed by atoms with Gasteiger partial charge in [0, 0.05) is 13.3 Å². The van der Waals surface area contributed by atoms with E-state index in [0.29, 0.717) is 10.7 Å². The zero-order valence-electron chi connectivity index (χ0n) is 7.38. The van der Waals surface area contributed by atoms with Gasteiger partial charge in [-0.2, -0.15) is 0 Å². The number of methoxy groups -OCH3 is 1. The summed E-state index contributed by atoms with van der Waals surface area (Å²) in [5.41, 5.74) is 0.590. The van der Waals surface area contributed by atoms with Crippen molar-refractivity contribution in [2.24, 2.45) is 0 Å². The van der Waals surface area contributed by atoms with Gasteiger partial charge in [0.15, 0.2) is 0 Å². The zero-order valence-corrected chi connectivity index (χ0v) is 8.89. The highest BCUT2D eigenvalue weighted by molar-refractivity contribution is 6.68. The molecule has 0 aromatic carbocycles. The first-order valence-electron chi connectivity index (χ1n) is 3.73. The summed E-state index contributed by atoms with van der Waals surface area (Å²) >= 11 is 11.0. The maximum atomic E-state index is 10.9. The number of hydrogen-bond acceptors (Lipinski definition) is 4. The second-order valence-corrected chi connectivity index (χ2v) is 3.21. The van der Waals surface area contributed by atoms with Crippen molar-refractivity contribution >= 4 is 34.1 Å². The number of ether oxygens (including phenoxy) is 1. The molecule has 1 heterocycles. The fourth-order valence-electron chi connectivity index (χ4n) is 0.881. The number of nitrogens with one attached hydrogen (secondary N) is 1. The Hall–Kier alpha value is -0.840. The van der Waals surface area contributed by atoms with Gasteiger partial charge in [-0.3, -0.25) is 4.79 Å². The van der Waals surface area contributed by atoms with Crippen molar-refractivity contribution in [1.29, 1.82) is 0 Å². The molecular weight excluding hydrogens is 227 g/mol. The van der Waals surface area contributed by atoms with E-state index in [2.05, 4.69) is 10.3 Å². The Bertz CT molecular complexity index is 344. The average molecular weight is 235 g/mol. The average Bonchev–Trinajstić information content (AvgIpc) is 2.14. The Morgan fingerprint density at radius 3 is 3.00 bits per heavy atom. The molecule has 0 spiro atoms. The fraction of sp³-hybridized carbons (Fsp3) is 0.250. The summed E-state index contributed by atoms with van der Waals surface area (Å²) in [6, 6.07) is 1.56. The predicted octanol–water partition coefficient (Wildman–Crippen LogP) is 2.13. The number of carbonyl (C=O) groups excluding carboxylic acids is 1. The molecule has 0 fully saturated rings. The Balaban J connectivity index is 2.97. The smallest absolute Gasteiger partial charge is 0.272 e. The van der Waals surface area contributed by atoms with Crippen LogP contribution in [0.1, 0.15) is 10.5 Å². The van der Waals surface area contributed by atoms with Crippen LogP contribution in [0.5, 0.6) is 0 Å². The summed E-state index contributed by atoms with van der Waals surface area (Å²) in [4.78, 5) is 14.7. The third kappa shape index (κ3) is 2.83. The lowest BCUT2D eigenvalue weighted by atomic mass is 10.3. The minimum Gasteiger partial charge on any atom is -0.365 e. The molecular formula is C8H8Cl2N2O2. The van der Waals surface area contributed by atoms with E-state index in [1.807, 2.05) is 0 Å². The van der Waals surface area contributed by atoms with Crippen LogP contribution >= 0.6 is 23.2 Å². The van der Waals surface area contributed by atoms with Crippen LogP contribution in [0, 0.1) is 0 Å². The third-order valence-corrected chi connectivity index (χ3v) is 1.83. The van der Waals surface area contributed by atoms with Crippen LogP contribution < -0.4 is 5.32 Å². The molecule has 0 saturated carbocycles. The second-order valence-electron chi connectivity index (χ2n) is 2.43. The van der Waals surface area contributed by atoms with Crippen LogP contribution in [-0.4, -0.2) is 24.1 Å². The Labute approximate surface area is 91.2 Å². The lowest BCUT2D eigenvalue weighted by Crippen LogP contribution is -2.08. The van der Waals surface area contributed by atoms with Crippen LogP contribution in [0.3, 0.4) is 0 Å². The maximum Gasteiger partial charge on any atom is 0.272 e. The third-order valence-electron chi connectivity index (χ3n) is 1.45. The highest BCUT2D eigenvalue weighted by Crippen LogP contribution is 2.19. The van der Waals surface area contributed by atoms with Gasteiger partial charge in [0.05, 0.1) is 10.7 Å². The molecule has 76 valence electrons. The second kappa shape index (κ2) is 5.14. The molecule has 14 heavy (non-hydrogen) atoms. The number of pyridine rings is 1. The van der Waals surface area contributed by atoms with Crippen molar-refractivity contribution in [3.05, 3.63) is 23.0 Å². The Morgan fingerprint density at radius 1 is 1.71 bits per heavy atom. The van der Waals surface area contributed by atoms with Gasteiger partial charge in [-0.25, -0.2) is 4.98 Å². The van der Waals surface area contributed by atoms with Crippen LogP contribution in [0.25, 0.3) is 0 Å². The van der Waals surface area contributed by atoms with E-state index in [4.69, 9.17) is 27.9 Å². The van der Waals surface area contributed by atoms with Crippen LogP contribution in [0.4, 0.5) is 5.69 Å². The molecule has 0 radical (unpaired) electrons. The van der Waals surface area contributed by atoms with E-state index in [1.54, 1.807) is 6.07 Å². The first kappa shape index (κ1) is 11.2. The number of halogens is 2. The minimum absolute atomic E-state index is 0.133. The number of carbonyl (C=O) groups is 1. The molecule has 1 rings (SSSR count). The molecule has 0 aliphatic rings. The fourth-order valence-corrected chi connectivity index (χ4v) is 1.19. The van der Waals surface area contributed by atoms with E-state index in [0.717, 1.165) is 0 Å². The van der Waals surface area contributed by atoms with Gasteiger partial charge in [-0.05, 0) is 17.7 Å². The highest BCUT2D eigenvalue weighted by atomic mass is 35.5. The van der Waals surface area contributed by atoms with Crippen molar-refractivity contribution in [3.8, 4) is 0 Å². The Kier molecular flexibility index (Phi) is 4.13. The molecule has 0 amide bonds. The van der Waals surface area contributed by atoms with Crippen LogP contribution in [0.2, 0.25) is 5.02 Å². The summed E-state index contributed by atoms with van der Waals surface area (Å²) in [5, 5.41) is 2.59. The largest absolute Gasteiger partial charge is 0.365 e.